The molecule has 0 rings (SSSR count). The van der Waals surface area contributed by atoms with Crippen LogP contribution in [0.1, 0.15) is 46.5 Å². The Kier molecular flexibility index (Phi) is 14.5. The second kappa shape index (κ2) is 14.0. The number of ether oxygens (including phenoxy) is 2. The Balaban J connectivity index is 2.95. The molecule has 0 aromatic heterocycles. The summed E-state index contributed by atoms with van der Waals surface area (Å²) in [6.45, 7) is 11.0. The quantitative estimate of drug-likeness (QED) is 0.306. The Labute approximate surface area is 127 Å². The van der Waals surface area contributed by atoms with Crippen LogP contribution in [0.25, 0.3) is 0 Å². The largest absolute Gasteiger partial charge is 0.381 e. The summed E-state index contributed by atoms with van der Waals surface area (Å²) < 4.78 is 11.8. The normalized spacial score (nSPS) is 13.2. The van der Waals surface area contributed by atoms with E-state index >= 15 is 0 Å². The van der Waals surface area contributed by atoms with Crippen LogP contribution in [0.2, 0.25) is 0 Å². The van der Waals surface area contributed by atoms with Crippen molar-refractivity contribution in [1.29, 1.82) is 0 Å². The van der Waals surface area contributed by atoms with Crippen molar-refractivity contribution in [2.24, 2.45) is 0 Å². The van der Waals surface area contributed by atoms with Gasteiger partial charge < -0.3 is 14.8 Å². The molecule has 0 saturated carbocycles. The maximum absolute atomic E-state index is 5.55. The molecule has 0 amide bonds. The van der Waals surface area contributed by atoms with Crippen LogP contribution in [0.15, 0.2) is 0 Å². The van der Waals surface area contributed by atoms with E-state index < -0.39 is 0 Å². The maximum atomic E-state index is 5.55. The molecule has 3 nitrogen and oxygen atoms in total. The highest BCUT2D eigenvalue weighted by atomic mass is 127. The van der Waals surface area contributed by atoms with Crippen molar-refractivity contribution in [3.63, 3.8) is 0 Å². The van der Waals surface area contributed by atoms with Crippen LogP contribution in [0.5, 0.6) is 0 Å². The van der Waals surface area contributed by atoms with E-state index in [1.165, 1.54) is 12.8 Å². The Morgan fingerprint density at radius 3 is 2.00 bits per heavy atom. The van der Waals surface area contributed by atoms with Gasteiger partial charge in [-0.1, -0.05) is 43.4 Å². The van der Waals surface area contributed by atoms with Gasteiger partial charge in [-0.05, 0) is 32.2 Å². The third kappa shape index (κ3) is 16.6. The van der Waals surface area contributed by atoms with E-state index in [0.717, 1.165) is 49.7 Å². The fourth-order valence-electron chi connectivity index (χ4n) is 1.50. The summed E-state index contributed by atoms with van der Waals surface area (Å²) in [6.07, 6.45) is 4.52. The third-order valence-electron chi connectivity index (χ3n) is 2.49. The van der Waals surface area contributed by atoms with Crippen LogP contribution in [0.4, 0.5) is 0 Å². The molecule has 4 heteroatoms. The van der Waals surface area contributed by atoms with Gasteiger partial charge in [0.05, 0.1) is 0 Å². The molecule has 0 heterocycles. The van der Waals surface area contributed by atoms with Crippen LogP contribution in [-0.4, -0.2) is 42.9 Å². The van der Waals surface area contributed by atoms with Gasteiger partial charge in [-0.2, -0.15) is 0 Å². The van der Waals surface area contributed by atoms with Crippen molar-refractivity contribution < 1.29 is 9.47 Å². The zero-order valence-corrected chi connectivity index (χ0v) is 14.4. The van der Waals surface area contributed by atoms with Gasteiger partial charge in [-0.15, -0.1) is 0 Å². The number of hydrogen-bond donors (Lipinski definition) is 1. The summed E-state index contributed by atoms with van der Waals surface area (Å²) in [5.74, 6) is 0. The second-order valence-corrected chi connectivity index (χ2v) is 7.09. The van der Waals surface area contributed by atoms with E-state index in [0.29, 0.717) is 6.04 Å². The molecule has 1 unspecified atom stereocenters. The van der Waals surface area contributed by atoms with Gasteiger partial charge >= 0.3 is 0 Å². The Hall–Kier alpha value is 0.610. The summed E-state index contributed by atoms with van der Waals surface area (Å²) in [6, 6.07) is 0.573. The smallest absolute Gasteiger partial charge is 0.0487 e. The van der Waals surface area contributed by atoms with Crippen molar-refractivity contribution in [2.75, 3.05) is 33.0 Å². The van der Waals surface area contributed by atoms with E-state index in [1.807, 2.05) is 0 Å². The topological polar surface area (TPSA) is 30.5 Å². The molecule has 0 bridgehead atoms. The molecule has 0 aliphatic carbocycles. The predicted octanol–water partition coefficient (Wildman–Crippen LogP) is 3.40. The van der Waals surface area contributed by atoms with Gasteiger partial charge in [0.25, 0.3) is 0 Å². The monoisotopic (exact) mass is 371 g/mol. The molecular formula is C14H30INO2. The summed E-state index contributed by atoms with van der Waals surface area (Å²) in [4.78, 5) is 0. The van der Waals surface area contributed by atoms with Crippen LogP contribution in [0.3, 0.4) is 0 Å². The minimum absolute atomic E-state index is 0.573. The van der Waals surface area contributed by atoms with Crippen molar-refractivity contribution in [3.8, 4) is 0 Å². The predicted molar refractivity (Wildman–Crippen MR) is 86.7 cm³/mol. The summed E-state index contributed by atoms with van der Waals surface area (Å²) in [5.41, 5.74) is 0. The molecule has 0 saturated heterocycles. The number of rotatable bonds is 13. The molecule has 0 aromatic rings. The Morgan fingerprint density at radius 1 is 0.889 bits per heavy atom. The SMILES string of the molecule is CC(I)CCCOCCCOCCCNC(C)C. The minimum Gasteiger partial charge on any atom is -0.381 e. The molecule has 0 aliphatic rings. The summed E-state index contributed by atoms with van der Waals surface area (Å²) >= 11 is 2.46. The molecule has 1 N–H and O–H groups in total. The average molecular weight is 371 g/mol. The zero-order chi connectivity index (χ0) is 13.6. The molecule has 1 atom stereocenters. The van der Waals surface area contributed by atoms with Gasteiger partial charge in [0.15, 0.2) is 0 Å². The molecule has 0 spiro atoms. The Morgan fingerprint density at radius 2 is 1.44 bits per heavy atom. The molecule has 0 aliphatic heterocycles. The van der Waals surface area contributed by atoms with Crippen molar-refractivity contribution in [2.45, 2.75) is 56.4 Å². The first kappa shape index (κ1) is 18.6. The third-order valence-corrected chi connectivity index (χ3v) is 3.11. The van der Waals surface area contributed by atoms with Crippen molar-refractivity contribution in [1.82, 2.24) is 5.32 Å². The molecule has 0 aromatic carbocycles. The maximum Gasteiger partial charge on any atom is 0.0487 e. The first-order chi connectivity index (χ1) is 8.63. The van der Waals surface area contributed by atoms with E-state index in [9.17, 15) is 0 Å². The van der Waals surface area contributed by atoms with Gasteiger partial charge in [0.2, 0.25) is 0 Å². The van der Waals surface area contributed by atoms with Crippen LogP contribution in [-0.2, 0) is 9.47 Å². The van der Waals surface area contributed by atoms with Crippen LogP contribution < -0.4 is 5.32 Å². The van der Waals surface area contributed by atoms with E-state index in [-0.39, 0.29) is 0 Å². The minimum atomic E-state index is 0.573. The van der Waals surface area contributed by atoms with Gasteiger partial charge in [0, 0.05) is 36.4 Å². The lowest BCUT2D eigenvalue weighted by Crippen LogP contribution is -2.24. The summed E-state index contributed by atoms with van der Waals surface area (Å²) in [7, 11) is 0. The zero-order valence-electron chi connectivity index (χ0n) is 12.2. The average Bonchev–Trinajstić information content (AvgIpc) is 2.29. The number of alkyl halides is 1. The van der Waals surface area contributed by atoms with Gasteiger partial charge in [0.1, 0.15) is 0 Å². The lowest BCUT2D eigenvalue weighted by molar-refractivity contribution is 0.0803. The second-order valence-electron chi connectivity index (χ2n) is 4.96. The number of nitrogens with one attached hydrogen (secondary N) is 1. The fraction of sp³-hybridized carbons (Fsp3) is 1.00. The van der Waals surface area contributed by atoms with Crippen molar-refractivity contribution in [3.05, 3.63) is 0 Å². The standard InChI is InChI=1S/C14H30INO2/c1-13(2)16-8-5-10-18-12-6-11-17-9-4-7-14(3)15/h13-14,16H,4-12H2,1-3H3. The number of hydrogen-bond acceptors (Lipinski definition) is 3. The molecule has 110 valence electrons. The van der Waals surface area contributed by atoms with Gasteiger partial charge in [-0.25, -0.2) is 0 Å². The lowest BCUT2D eigenvalue weighted by atomic mass is 10.3. The molecule has 18 heavy (non-hydrogen) atoms. The van der Waals surface area contributed by atoms with E-state index in [4.69, 9.17) is 9.47 Å². The Bertz CT molecular complexity index is 148. The first-order valence-corrected chi connectivity index (χ1v) is 8.40. The summed E-state index contributed by atoms with van der Waals surface area (Å²) in [5, 5.41) is 3.37. The molecule has 0 fully saturated rings. The highest BCUT2D eigenvalue weighted by molar-refractivity contribution is 14.1. The molecular weight excluding hydrogens is 341 g/mol. The van der Waals surface area contributed by atoms with E-state index in [2.05, 4.69) is 48.7 Å². The van der Waals surface area contributed by atoms with Crippen LogP contribution in [0, 0.1) is 0 Å². The molecule has 0 radical (unpaired) electrons. The van der Waals surface area contributed by atoms with Crippen LogP contribution >= 0.6 is 22.6 Å². The van der Waals surface area contributed by atoms with Crippen molar-refractivity contribution >= 4 is 22.6 Å². The first-order valence-electron chi connectivity index (χ1n) is 7.16. The number of halogens is 1. The van der Waals surface area contributed by atoms with Gasteiger partial charge in [-0.3, -0.25) is 0 Å². The highest BCUT2D eigenvalue weighted by Gasteiger charge is 1.96. The fourth-order valence-corrected chi connectivity index (χ4v) is 1.94. The highest BCUT2D eigenvalue weighted by Crippen LogP contribution is 2.06. The lowest BCUT2D eigenvalue weighted by Gasteiger charge is -2.08. The van der Waals surface area contributed by atoms with E-state index in [1.54, 1.807) is 0 Å².